The molecule has 1 aromatic carbocycles. The van der Waals surface area contributed by atoms with Gasteiger partial charge in [0.15, 0.2) is 0 Å². The molecule has 0 aliphatic rings. The summed E-state index contributed by atoms with van der Waals surface area (Å²) in [6.45, 7) is 0.792. The zero-order valence-corrected chi connectivity index (χ0v) is 11.0. The van der Waals surface area contributed by atoms with E-state index in [1.165, 1.54) is 12.5 Å². The van der Waals surface area contributed by atoms with Gasteiger partial charge in [-0.3, -0.25) is 9.59 Å². The fourth-order valence-corrected chi connectivity index (χ4v) is 1.67. The van der Waals surface area contributed by atoms with Crippen molar-refractivity contribution >= 4 is 11.8 Å². The zero-order chi connectivity index (χ0) is 14.2. The van der Waals surface area contributed by atoms with Crippen LogP contribution < -0.4 is 10.6 Å². The van der Waals surface area contributed by atoms with Crippen molar-refractivity contribution in [3.8, 4) is 0 Å². The third kappa shape index (κ3) is 4.28. The van der Waals surface area contributed by atoms with Gasteiger partial charge in [-0.1, -0.05) is 30.3 Å². The molecule has 5 nitrogen and oxygen atoms in total. The maximum atomic E-state index is 11.6. The molecule has 2 rings (SSSR count). The second kappa shape index (κ2) is 7.13. The van der Waals surface area contributed by atoms with Crippen molar-refractivity contribution in [2.75, 3.05) is 6.54 Å². The predicted octanol–water partition coefficient (Wildman–Crippen LogP) is 1.72. The third-order valence-corrected chi connectivity index (χ3v) is 2.75. The minimum atomic E-state index is -0.241. The van der Waals surface area contributed by atoms with Crippen LogP contribution in [0.25, 0.3) is 0 Å². The van der Waals surface area contributed by atoms with Crippen LogP contribution in [-0.4, -0.2) is 18.4 Å². The minimum absolute atomic E-state index is 0.0960. The molecule has 2 N–H and O–H groups in total. The molecule has 0 unspecified atom stereocenters. The molecule has 2 amide bonds. The SMILES string of the molecule is O=C(CCNC(=O)c1ccoc1)NCc1ccccc1. The van der Waals surface area contributed by atoms with E-state index < -0.39 is 0 Å². The highest BCUT2D eigenvalue weighted by Crippen LogP contribution is 1.99. The summed E-state index contributed by atoms with van der Waals surface area (Å²) in [7, 11) is 0. The third-order valence-electron chi connectivity index (χ3n) is 2.75. The van der Waals surface area contributed by atoms with Crippen molar-refractivity contribution in [1.29, 1.82) is 0 Å². The number of carbonyl (C=O) groups is 2. The zero-order valence-electron chi connectivity index (χ0n) is 11.0. The van der Waals surface area contributed by atoms with Crippen LogP contribution >= 0.6 is 0 Å². The van der Waals surface area contributed by atoms with Crippen LogP contribution in [0.1, 0.15) is 22.3 Å². The van der Waals surface area contributed by atoms with Crippen LogP contribution in [0.15, 0.2) is 53.3 Å². The van der Waals surface area contributed by atoms with E-state index in [1.807, 2.05) is 30.3 Å². The molecular weight excluding hydrogens is 256 g/mol. The van der Waals surface area contributed by atoms with E-state index in [9.17, 15) is 9.59 Å². The Kier molecular flexibility index (Phi) is 4.94. The molecule has 20 heavy (non-hydrogen) atoms. The van der Waals surface area contributed by atoms with Gasteiger partial charge in [-0.05, 0) is 11.6 Å². The Hall–Kier alpha value is -2.56. The average molecular weight is 272 g/mol. The van der Waals surface area contributed by atoms with Crippen molar-refractivity contribution in [1.82, 2.24) is 10.6 Å². The number of nitrogens with one attached hydrogen (secondary N) is 2. The predicted molar refractivity (Wildman–Crippen MR) is 73.9 cm³/mol. The number of rotatable bonds is 6. The molecule has 104 valence electrons. The minimum Gasteiger partial charge on any atom is -0.472 e. The monoisotopic (exact) mass is 272 g/mol. The number of carbonyl (C=O) groups excluding carboxylic acids is 2. The molecule has 0 aliphatic heterocycles. The van der Waals surface area contributed by atoms with Gasteiger partial charge in [-0.15, -0.1) is 0 Å². The van der Waals surface area contributed by atoms with E-state index in [0.717, 1.165) is 5.56 Å². The lowest BCUT2D eigenvalue weighted by Gasteiger charge is -2.06. The smallest absolute Gasteiger partial charge is 0.254 e. The number of hydrogen-bond acceptors (Lipinski definition) is 3. The van der Waals surface area contributed by atoms with Crippen molar-refractivity contribution in [2.45, 2.75) is 13.0 Å². The van der Waals surface area contributed by atoms with Gasteiger partial charge in [0, 0.05) is 19.5 Å². The van der Waals surface area contributed by atoms with Gasteiger partial charge in [0.05, 0.1) is 11.8 Å². The van der Waals surface area contributed by atoms with Gasteiger partial charge in [-0.25, -0.2) is 0 Å². The van der Waals surface area contributed by atoms with E-state index in [2.05, 4.69) is 10.6 Å². The lowest BCUT2D eigenvalue weighted by atomic mass is 10.2. The van der Waals surface area contributed by atoms with Gasteiger partial charge >= 0.3 is 0 Å². The first-order chi connectivity index (χ1) is 9.75. The van der Waals surface area contributed by atoms with Gasteiger partial charge < -0.3 is 15.1 Å². The average Bonchev–Trinajstić information content (AvgIpc) is 3.00. The maximum absolute atomic E-state index is 11.6. The van der Waals surface area contributed by atoms with E-state index >= 15 is 0 Å². The quantitative estimate of drug-likeness (QED) is 0.841. The van der Waals surface area contributed by atoms with Crippen LogP contribution in [0, 0.1) is 0 Å². The van der Waals surface area contributed by atoms with Crippen LogP contribution in [0.2, 0.25) is 0 Å². The van der Waals surface area contributed by atoms with Gasteiger partial charge in [0.1, 0.15) is 6.26 Å². The van der Waals surface area contributed by atoms with Gasteiger partial charge in [0.2, 0.25) is 5.91 Å². The first-order valence-electron chi connectivity index (χ1n) is 6.37. The largest absolute Gasteiger partial charge is 0.472 e. The van der Waals surface area contributed by atoms with Crippen LogP contribution in [0.3, 0.4) is 0 Å². The second-order valence-corrected chi connectivity index (χ2v) is 4.28. The van der Waals surface area contributed by atoms with E-state index in [0.29, 0.717) is 18.7 Å². The summed E-state index contributed by atoms with van der Waals surface area (Å²) in [5.74, 6) is -0.337. The molecule has 0 fully saturated rings. The summed E-state index contributed by atoms with van der Waals surface area (Å²) in [6.07, 6.45) is 3.04. The summed E-state index contributed by atoms with van der Waals surface area (Å²) in [6, 6.07) is 11.2. The molecule has 0 atom stereocenters. The molecule has 1 heterocycles. The molecule has 5 heteroatoms. The Morgan fingerprint density at radius 1 is 1.05 bits per heavy atom. The van der Waals surface area contributed by atoms with E-state index in [1.54, 1.807) is 6.07 Å². The van der Waals surface area contributed by atoms with Gasteiger partial charge in [-0.2, -0.15) is 0 Å². The number of amides is 2. The molecule has 0 radical (unpaired) electrons. The number of furan rings is 1. The Morgan fingerprint density at radius 2 is 1.85 bits per heavy atom. The lowest BCUT2D eigenvalue weighted by Crippen LogP contribution is -2.30. The van der Waals surface area contributed by atoms with Crippen LogP contribution in [0.5, 0.6) is 0 Å². The summed E-state index contributed by atoms with van der Waals surface area (Å²) >= 11 is 0. The number of benzene rings is 1. The van der Waals surface area contributed by atoms with Crippen molar-refractivity contribution in [3.05, 3.63) is 60.1 Å². The molecule has 1 aromatic heterocycles. The highest BCUT2D eigenvalue weighted by molar-refractivity contribution is 5.93. The molecule has 2 aromatic rings. The molecule has 0 aliphatic carbocycles. The second-order valence-electron chi connectivity index (χ2n) is 4.28. The Bertz CT molecular complexity index is 550. The maximum Gasteiger partial charge on any atom is 0.254 e. The molecule has 0 spiro atoms. The fourth-order valence-electron chi connectivity index (χ4n) is 1.67. The normalized spacial score (nSPS) is 10.0. The standard InChI is InChI=1S/C15H16N2O3/c18-14(17-10-12-4-2-1-3-5-12)6-8-16-15(19)13-7-9-20-11-13/h1-5,7,9,11H,6,8,10H2,(H,16,19)(H,17,18). The highest BCUT2D eigenvalue weighted by Gasteiger charge is 2.07. The van der Waals surface area contributed by atoms with Crippen molar-refractivity contribution < 1.29 is 14.0 Å². The molecular formula is C15H16N2O3. The highest BCUT2D eigenvalue weighted by atomic mass is 16.3. The summed E-state index contributed by atoms with van der Waals surface area (Å²) in [5, 5.41) is 5.45. The topological polar surface area (TPSA) is 71.3 Å². The van der Waals surface area contributed by atoms with Crippen LogP contribution in [0.4, 0.5) is 0 Å². The van der Waals surface area contributed by atoms with Crippen molar-refractivity contribution in [2.24, 2.45) is 0 Å². The Balaban J connectivity index is 1.64. The molecule has 0 bridgehead atoms. The van der Waals surface area contributed by atoms with Gasteiger partial charge in [0.25, 0.3) is 5.91 Å². The molecule has 0 saturated heterocycles. The first kappa shape index (κ1) is 13.9. The number of hydrogen-bond donors (Lipinski definition) is 2. The first-order valence-corrected chi connectivity index (χ1v) is 6.37. The Morgan fingerprint density at radius 3 is 2.55 bits per heavy atom. The summed E-state index contributed by atoms with van der Waals surface area (Å²) in [4.78, 5) is 23.2. The summed E-state index contributed by atoms with van der Waals surface area (Å²) < 4.78 is 4.81. The Labute approximate surface area is 117 Å². The van der Waals surface area contributed by atoms with E-state index in [-0.39, 0.29) is 18.2 Å². The fraction of sp³-hybridized carbons (Fsp3) is 0.200. The van der Waals surface area contributed by atoms with E-state index in [4.69, 9.17) is 4.42 Å². The lowest BCUT2D eigenvalue weighted by molar-refractivity contribution is -0.121. The van der Waals surface area contributed by atoms with Crippen molar-refractivity contribution in [3.63, 3.8) is 0 Å². The van der Waals surface area contributed by atoms with Crippen LogP contribution in [-0.2, 0) is 11.3 Å². The molecule has 0 saturated carbocycles. The summed E-state index contributed by atoms with van der Waals surface area (Å²) in [5.41, 5.74) is 1.50.